The maximum atomic E-state index is 12.3. The van der Waals surface area contributed by atoms with Crippen molar-refractivity contribution in [2.75, 3.05) is 11.9 Å². The van der Waals surface area contributed by atoms with E-state index in [2.05, 4.69) is 20.4 Å². The Morgan fingerprint density at radius 3 is 2.70 bits per heavy atom. The number of carbonyl (C=O) groups excluding carboxylic acids is 1. The van der Waals surface area contributed by atoms with E-state index in [1.165, 1.54) is 6.33 Å². The SMILES string of the molecule is CCOc1cc2ncnc(C(=N)/C(=N\N)c3ccccc3)c2cc1NC(=O)C1CC1. The van der Waals surface area contributed by atoms with Gasteiger partial charge >= 0.3 is 0 Å². The van der Waals surface area contributed by atoms with E-state index < -0.39 is 0 Å². The Kier molecular flexibility index (Phi) is 5.38. The average molecular weight is 402 g/mol. The zero-order chi connectivity index (χ0) is 21.1. The normalized spacial score (nSPS) is 13.8. The molecule has 0 spiro atoms. The fourth-order valence-corrected chi connectivity index (χ4v) is 3.23. The van der Waals surface area contributed by atoms with Crippen LogP contribution in [-0.4, -0.2) is 33.9 Å². The number of hydrogen-bond acceptors (Lipinski definition) is 7. The molecule has 1 heterocycles. The van der Waals surface area contributed by atoms with Crippen molar-refractivity contribution >= 4 is 33.9 Å². The number of fused-ring (bicyclic) bond motifs is 1. The molecule has 1 aliphatic carbocycles. The van der Waals surface area contributed by atoms with Gasteiger partial charge in [-0.05, 0) is 25.8 Å². The molecule has 0 atom stereocenters. The summed E-state index contributed by atoms with van der Waals surface area (Å²) in [5.74, 6) is 6.17. The summed E-state index contributed by atoms with van der Waals surface area (Å²) in [7, 11) is 0. The van der Waals surface area contributed by atoms with Crippen molar-refractivity contribution in [3.63, 3.8) is 0 Å². The van der Waals surface area contributed by atoms with E-state index >= 15 is 0 Å². The van der Waals surface area contributed by atoms with Crippen LogP contribution < -0.4 is 15.9 Å². The van der Waals surface area contributed by atoms with Crippen LogP contribution >= 0.6 is 0 Å². The summed E-state index contributed by atoms with van der Waals surface area (Å²) < 4.78 is 5.71. The van der Waals surface area contributed by atoms with E-state index in [4.69, 9.17) is 16.0 Å². The first-order valence-electron chi connectivity index (χ1n) is 9.77. The van der Waals surface area contributed by atoms with Crippen LogP contribution in [0.5, 0.6) is 5.75 Å². The summed E-state index contributed by atoms with van der Waals surface area (Å²) in [6.07, 6.45) is 3.19. The zero-order valence-corrected chi connectivity index (χ0v) is 16.6. The molecular weight excluding hydrogens is 380 g/mol. The van der Waals surface area contributed by atoms with Crippen LogP contribution in [0.4, 0.5) is 5.69 Å². The fourth-order valence-electron chi connectivity index (χ4n) is 3.23. The maximum absolute atomic E-state index is 12.3. The van der Waals surface area contributed by atoms with Gasteiger partial charge in [-0.2, -0.15) is 5.10 Å². The van der Waals surface area contributed by atoms with Crippen molar-refractivity contribution in [1.29, 1.82) is 5.41 Å². The predicted molar refractivity (Wildman–Crippen MR) is 116 cm³/mol. The summed E-state index contributed by atoms with van der Waals surface area (Å²) in [6, 6.07) is 12.8. The molecule has 0 saturated heterocycles. The van der Waals surface area contributed by atoms with Gasteiger partial charge in [-0.15, -0.1) is 0 Å². The van der Waals surface area contributed by atoms with Gasteiger partial charge in [-0.25, -0.2) is 9.97 Å². The molecule has 8 nitrogen and oxygen atoms in total. The first-order valence-corrected chi connectivity index (χ1v) is 9.77. The molecule has 1 amide bonds. The standard InChI is InChI=1S/C22H22N6O2/c1-2-30-18-11-16-15(10-17(18)27-22(29)14-8-9-14)21(26-12-25-16)19(23)20(28-24)13-6-4-3-5-7-13/h3-7,10-12,14,23H,2,8-9,24H2,1H3,(H,27,29)/b23-19?,28-20-. The highest BCUT2D eigenvalue weighted by molar-refractivity contribution is 6.53. The van der Waals surface area contributed by atoms with E-state index in [1.807, 2.05) is 37.3 Å². The number of nitrogens with one attached hydrogen (secondary N) is 2. The van der Waals surface area contributed by atoms with E-state index in [0.29, 0.717) is 45.9 Å². The molecule has 3 aromatic rings. The minimum absolute atomic E-state index is 0.0303. The Morgan fingerprint density at radius 1 is 1.27 bits per heavy atom. The molecular formula is C22H22N6O2. The molecule has 0 radical (unpaired) electrons. The highest BCUT2D eigenvalue weighted by Crippen LogP contribution is 2.35. The van der Waals surface area contributed by atoms with Crippen molar-refractivity contribution in [2.45, 2.75) is 19.8 Å². The average Bonchev–Trinajstić information content (AvgIpc) is 3.61. The third kappa shape index (κ3) is 3.84. The Bertz CT molecular complexity index is 1140. The van der Waals surface area contributed by atoms with Crippen molar-refractivity contribution in [3.8, 4) is 5.75 Å². The van der Waals surface area contributed by atoms with E-state index in [1.54, 1.807) is 12.1 Å². The fraction of sp³-hybridized carbons (Fsp3) is 0.227. The van der Waals surface area contributed by atoms with Gasteiger partial charge in [0, 0.05) is 22.9 Å². The van der Waals surface area contributed by atoms with Gasteiger partial charge in [0.1, 0.15) is 29.2 Å². The quantitative estimate of drug-likeness (QED) is 0.318. The van der Waals surface area contributed by atoms with Gasteiger partial charge in [-0.3, -0.25) is 10.2 Å². The lowest BCUT2D eigenvalue weighted by Crippen LogP contribution is -2.20. The molecule has 1 aliphatic rings. The number of hydrogen-bond donors (Lipinski definition) is 3. The molecule has 0 bridgehead atoms. The van der Waals surface area contributed by atoms with E-state index in [0.717, 1.165) is 12.8 Å². The summed E-state index contributed by atoms with van der Waals surface area (Å²) in [4.78, 5) is 21.0. The molecule has 8 heteroatoms. The molecule has 1 saturated carbocycles. The molecule has 1 fully saturated rings. The molecule has 0 aliphatic heterocycles. The van der Waals surface area contributed by atoms with Gasteiger partial charge in [-0.1, -0.05) is 30.3 Å². The predicted octanol–water partition coefficient (Wildman–Crippen LogP) is 3.11. The molecule has 4 N–H and O–H groups in total. The minimum Gasteiger partial charge on any atom is -0.492 e. The first-order chi connectivity index (χ1) is 14.6. The van der Waals surface area contributed by atoms with E-state index in [9.17, 15) is 4.79 Å². The lowest BCUT2D eigenvalue weighted by molar-refractivity contribution is -0.117. The van der Waals surface area contributed by atoms with Crippen molar-refractivity contribution in [1.82, 2.24) is 9.97 Å². The van der Waals surface area contributed by atoms with Gasteiger partial charge < -0.3 is 15.9 Å². The zero-order valence-electron chi connectivity index (χ0n) is 16.6. The topological polar surface area (TPSA) is 126 Å². The highest BCUT2D eigenvalue weighted by Gasteiger charge is 2.30. The Labute approximate surface area is 173 Å². The smallest absolute Gasteiger partial charge is 0.227 e. The van der Waals surface area contributed by atoms with Crippen LogP contribution in [-0.2, 0) is 4.79 Å². The molecule has 1 aromatic heterocycles. The number of benzene rings is 2. The number of rotatable bonds is 7. The summed E-state index contributed by atoms with van der Waals surface area (Å²) in [5, 5.41) is 16.1. The van der Waals surface area contributed by atoms with Gasteiger partial charge in [0.05, 0.1) is 17.8 Å². The number of anilines is 1. The summed E-state index contributed by atoms with van der Waals surface area (Å²) in [6.45, 7) is 2.32. The molecule has 30 heavy (non-hydrogen) atoms. The lowest BCUT2D eigenvalue weighted by Gasteiger charge is -2.15. The molecule has 0 unspecified atom stereocenters. The first kappa shape index (κ1) is 19.5. The number of hydrazone groups is 1. The Hall–Kier alpha value is -3.81. The third-order valence-corrected chi connectivity index (χ3v) is 4.89. The minimum atomic E-state index is -0.0303. The number of nitrogens with two attached hydrogens (primary N) is 1. The third-order valence-electron chi connectivity index (χ3n) is 4.89. The van der Waals surface area contributed by atoms with Crippen molar-refractivity contribution in [3.05, 3.63) is 60.0 Å². The van der Waals surface area contributed by atoms with Gasteiger partial charge in [0.15, 0.2) is 0 Å². The van der Waals surface area contributed by atoms with E-state index in [-0.39, 0.29) is 17.5 Å². The number of ether oxygens (including phenoxy) is 1. The number of nitrogens with zero attached hydrogens (tertiary/aromatic N) is 3. The summed E-state index contributed by atoms with van der Waals surface area (Å²) in [5.41, 5.74) is 2.61. The van der Waals surface area contributed by atoms with Gasteiger partial charge in [0.25, 0.3) is 0 Å². The van der Waals surface area contributed by atoms with Crippen LogP contribution in [0.3, 0.4) is 0 Å². The molecule has 152 valence electrons. The van der Waals surface area contributed by atoms with Gasteiger partial charge in [0.2, 0.25) is 5.91 Å². The van der Waals surface area contributed by atoms with Crippen LogP contribution in [0.2, 0.25) is 0 Å². The lowest BCUT2D eigenvalue weighted by atomic mass is 10.0. The van der Waals surface area contributed by atoms with Crippen molar-refractivity contribution < 1.29 is 9.53 Å². The van der Waals surface area contributed by atoms with Crippen LogP contribution in [0, 0.1) is 11.3 Å². The van der Waals surface area contributed by atoms with Crippen molar-refractivity contribution in [2.24, 2.45) is 16.9 Å². The summed E-state index contributed by atoms with van der Waals surface area (Å²) >= 11 is 0. The Balaban J connectivity index is 1.80. The number of aromatic nitrogens is 2. The molecule has 4 rings (SSSR count). The second-order valence-corrected chi connectivity index (χ2v) is 7.00. The monoisotopic (exact) mass is 402 g/mol. The number of carbonyl (C=O) groups is 1. The maximum Gasteiger partial charge on any atom is 0.227 e. The van der Waals surface area contributed by atoms with Crippen LogP contribution in [0.1, 0.15) is 31.0 Å². The largest absolute Gasteiger partial charge is 0.492 e. The molecule has 2 aromatic carbocycles. The van der Waals surface area contributed by atoms with Crippen LogP contribution in [0.25, 0.3) is 10.9 Å². The highest BCUT2D eigenvalue weighted by atomic mass is 16.5. The number of amides is 1. The van der Waals surface area contributed by atoms with Crippen LogP contribution in [0.15, 0.2) is 53.9 Å². The Morgan fingerprint density at radius 2 is 2.03 bits per heavy atom. The second kappa shape index (κ2) is 8.28. The second-order valence-electron chi connectivity index (χ2n) is 7.00.